The number of aryl methyl sites for hydroxylation is 1. The van der Waals surface area contributed by atoms with Crippen LogP contribution in [0.2, 0.25) is 0 Å². The first kappa shape index (κ1) is 15.0. The summed E-state index contributed by atoms with van der Waals surface area (Å²) in [5.74, 6) is 0. The van der Waals surface area contributed by atoms with Crippen molar-refractivity contribution < 1.29 is 8.42 Å². The summed E-state index contributed by atoms with van der Waals surface area (Å²) < 4.78 is 27.7. The Hall–Kier alpha value is -0.0200. The molecule has 17 heavy (non-hydrogen) atoms. The van der Waals surface area contributed by atoms with E-state index in [-0.39, 0.29) is 9.20 Å². The maximum absolute atomic E-state index is 12.1. The van der Waals surface area contributed by atoms with Crippen LogP contribution in [-0.4, -0.2) is 18.9 Å². The van der Waals surface area contributed by atoms with Gasteiger partial charge in [-0.15, -0.1) is 11.3 Å². The molecule has 1 aromatic rings. The lowest BCUT2D eigenvalue weighted by Crippen LogP contribution is -2.51. The Bertz CT molecular complexity index is 529. The highest BCUT2D eigenvalue weighted by Gasteiger charge is 2.29. The van der Waals surface area contributed by atoms with Crippen molar-refractivity contribution in [1.82, 2.24) is 4.72 Å². The van der Waals surface area contributed by atoms with E-state index in [1.807, 2.05) is 6.92 Å². The van der Waals surface area contributed by atoms with Gasteiger partial charge in [-0.3, -0.25) is 0 Å². The first-order valence-corrected chi connectivity index (χ1v) is 8.16. The highest BCUT2D eigenvalue weighted by molar-refractivity contribution is 9.11. The third kappa shape index (κ3) is 3.47. The van der Waals surface area contributed by atoms with Crippen LogP contribution in [0, 0.1) is 6.92 Å². The van der Waals surface area contributed by atoms with E-state index in [0.29, 0.717) is 0 Å². The minimum Gasteiger partial charge on any atom is -0.392 e. The lowest BCUT2D eigenvalue weighted by Gasteiger charge is -2.23. The minimum atomic E-state index is -3.59. The molecule has 0 saturated heterocycles. The third-order valence-electron chi connectivity index (χ3n) is 2.10. The average molecular weight is 357 g/mol. The van der Waals surface area contributed by atoms with E-state index in [1.165, 1.54) is 0 Å². The van der Waals surface area contributed by atoms with Crippen LogP contribution < -0.4 is 10.5 Å². The molecule has 0 radical (unpaired) electrons. The maximum atomic E-state index is 12.1. The van der Waals surface area contributed by atoms with Crippen LogP contribution in [0.5, 0.6) is 0 Å². The van der Waals surface area contributed by atoms with Gasteiger partial charge in [0.05, 0.1) is 14.3 Å². The van der Waals surface area contributed by atoms with Gasteiger partial charge in [0.1, 0.15) is 4.21 Å². The standard InChI is InChI=1S/C9H13BrN2O2S3/c1-5-4-6(16-7(5)10)17(13,14)12-9(2,3)8(11)15/h4,12H,1-3H3,(H2,11,15). The van der Waals surface area contributed by atoms with Crippen LogP contribution in [-0.2, 0) is 10.0 Å². The highest BCUT2D eigenvalue weighted by atomic mass is 79.9. The zero-order valence-electron chi connectivity index (χ0n) is 9.57. The quantitative estimate of drug-likeness (QED) is 0.810. The van der Waals surface area contributed by atoms with Crippen molar-refractivity contribution >= 4 is 54.5 Å². The molecular weight excluding hydrogens is 344 g/mol. The molecule has 0 amide bonds. The topological polar surface area (TPSA) is 72.2 Å². The molecule has 0 saturated carbocycles. The fraction of sp³-hybridized carbons (Fsp3) is 0.444. The van der Waals surface area contributed by atoms with E-state index in [1.54, 1.807) is 19.9 Å². The van der Waals surface area contributed by atoms with E-state index < -0.39 is 15.6 Å². The number of sulfonamides is 1. The van der Waals surface area contributed by atoms with Gasteiger partial charge >= 0.3 is 0 Å². The number of hydrogen-bond donors (Lipinski definition) is 2. The molecule has 0 atom stereocenters. The number of thiophene rings is 1. The molecule has 0 aliphatic rings. The van der Waals surface area contributed by atoms with Crippen LogP contribution in [0.25, 0.3) is 0 Å². The summed E-state index contributed by atoms with van der Waals surface area (Å²) in [4.78, 5) is 0.105. The van der Waals surface area contributed by atoms with Crippen molar-refractivity contribution in [2.24, 2.45) is 5.73 Å². The van der Waals surface area contributed by atoms with E-state index in [0.717, 1.165) is 20.7 Å². The summed E-state index contributed by atoms with van der Waals surface area (Å²) in [5.41, 5.74) is 5.42. The maximum Gasteiger partial charge on any atom is 0.250 e. The number of hydrogen-bond acceptors (Lipinski definition) is 4. The summed E-state index contributed by atoms with van der Waals surface area (Å²) in [5, 5.41) is 0. The van der Waals surface area contributed by atoms with E-state index in [9.17, 15) is 8.42 Å². The first-order chi connectivity index (χ1) is 7.56. The van der Waals surface area contributed by atoms with Crippen molar-refractivity contribution in [3.05, 3.63) is 15.4 Å². The molecule has 1 heterocycles. The van der Waals surface area contributed by atoms with Crippen molar-refractivity contribution in [2.75, 3.05) is 0 Å². The predicted octanol–water partition coefficient (Wildman–Crippen LogP) is 2.16. The molecule has 3 N–H and O–H groups in total. The van der Waals surface area contributed by atoms with Crippen molar-refractivity contribution in [3.63, 3.8) is 0 Å². The summed E-state index contributed by atoms with van der Waals surface area (Å²) >= 11 is 9.27. The second-order valence-electron chi connectivity index (χ2n) is 4.12. The Kier molecular flexibility index (Phi) is 4.36. The molecule has 0 bridgehead atoms. The smallest absolute Gasteiger partial charge is 0.250 e. The molecule has 0 fully saturated rings. The zero-order valence-corrected chi connectivity index (χ0v) is 13.6. The van der Waals surface area contributed by atoms with Gasteiger partial charge in [0.15, 0.2) is 0 Å². The molecule has 0 aromatic carbocycles. The molecule has 1 aromatic heterocycles. The SMILES string of the molecule is Cc1cc(S(=O)(=O)NC(C)(C)C(N)=S)sc1Br. The van der Waals surface area contributed by atoms with Crippen molar-refractivity contribution in [1.29, 1.82) is 0 Å². The monoisotopic (exact) mass is 356 g/mol. The molecule has 0 aliphatic carbocycles. The molecule has 96 valence electrons. The largest absolute Gasteiger partial charge is 0.392 e. The first-order valence-electron chi connectivity index (χ1n) is 4.66. The number of nitrogens with one attached hydrogen (secondary N) is 1. The molecule has 8 heteroatoms. The van der Waals surface area contributed by atoms with Crippen LogP contribution >= 0.6 is 39.5 Å². The van der Waals surface area contributed by atoms with Gasteiger partial charge in [0.25, 0.3) is 10.0 Å². The van der Waals surface area contributed by atoms with E-state index >= 15 is 0 Å². The Balaban J connectivity index is 3.09. The van der Waals surface area contributed by atoms with Gasteiger partial charge in [-0.2, -0.15) is 4.72 Å². The summed E-state index contributed by atoms with van der Waals surface area (Å²) in [6, 6.07) is 1.60. The van der Waals surface area contributed by atoms with Gasteiger partial charge in [-0.05, 0) is 48.3 Å². The van der Waals surface area contributed by atoms with Gasteiger partial charge in [0, 0.05) is 0 Å². The van der Waals surface area contributed by atoms with Crippen LogP contribution in [0.15, 0.2) is 14.1 Å². The molecular formula is C9H13BrN2O2S3. The molecule has 0 unspecified atom stereocenters. The van der Waals surface area contributed by atoms with Gasteiger partial charge < -0.3 is 5.73 Å². The number of thiocarbonyl (C=S) groups is 1. The van der Waals surface area contributed by atoms with Gasteiger partial charge in [-0.25, -0.2) is 8.42 Å². The fourth-order valence-corrected chi connectivity index (χ4v) is 4.74. The van der Waals surface area contributed by atoms with Crippen LogP contribution in [0.4, 0.5) is 0 Å². The Morgan fingerprint density at radius 1 is 1.59 bits per heavy atom. The molecule has 4 nitrogen and oxygen atoms in total. The van der Waals surface area contributed by atoms with Crippen molar-refractivity contribution in [3.8, 4) is 0 Å². The number of rotatable bonds is 4. The third-order valence-corrected chi connectivity index (χ3v) is 6.88. The molecule has 1 rings (SSSR count). The summed E-state index contributed by atoms with van der Waals surface area (Å²) in [6.45, 7) is 5.09. The zero-order chi connectivity index (χ0) is 13.4. The Morgan fingerprint density at radius 3 is 2.47 bits per heavy atom. The summed E-state index contributed by atoms with van der Waals surface area (Å²) in [6.07, 6.45) is 0. The van der Waals surface area contributed by atoms with Gasteiger partial charge in [-0.1, -0.05) is 12.2 Å². The molecule has 0 aliphatic heterocycles. The van der Waals surface area contributed by atoms with Crippen LogP contribution in [0.1, 0.15) is 19.4 Å². The lowest BCUT2D eigenvalue weighted by molar-refractivity contribution is 0.548. The Morgan fingerprint density at radius 2 is 2.12 bits per heavy atom. The normalized spacial score (nSPS) is 12.7. The second kappa shape index (κ2) is 4.93. The second-order valence-corrected chi connectivity index (χ2v) is 8.84. The summed E-state index contributed by atoms with van der Waals surface area (Å²) in [7, 11) is -3.59. The minimum absolute atomic E-state index is 0.105. The number of halogens is 1. The molecule has 0 spiro atoms. The van der Waals surface area contributed by atoms with Crippen molar-refractivity contribution in [2.45, 2.75) is 30.5 Å². The predicted molar refractivity (Wildman–Crippen MR) is 77.9 cm³/mol. The van der Waals surface area contributed by atoms with Gasteiger partial charge in [0.2, 0.25) is 0 Å². The number of nitrogens with two attached hydrogens (primary N) is 1. The van der Waals surface area contributed by atoms with Crippen LogP contribution in [0.3, 0.4) is 0 Å². The van der Waals surface area contributed by atoms with E-state index in [2.05, 4.69) is 20.7 Å². The average Bonchev–Trinajstić information content (AvgIpc) is 2.45. The Labute approximate surface area is 119 Å². The lowest BCUT2D eigenvalue weighted by atomic mass is 10.1. The fourth-order valence-electron chi connectivity index (χ4n) is 1.00. The van der Waals surface area contributed by atoms with E-state index in [4.69, 9.17) is 18.0 Å². The highest BCUT2D eigenvalue weighted by Crippen LogP contribution is 2.30.